The van der Waals surface area contributed by atoms with Crippen molar-refractivity contribution in [2.75, 3.05) is 5.73 Å². The fourth-order valence-corrected chi connectivity index (χ4v) is 1.56. The van der Waals surface area contributed by atoms with E-state index in [2.05, 4.69) is 9.97 Å². The Bertz CT molecular complexity index is 570. The van der Waals surface area contributed by atoms with Gasteiger partial charge in [0.15, 0.2) is 5.75 Å². The molecule has 6 nitrogen and oxygen atoms in total. The summed E-state index contributed by atoms with van der Waals surface area (Å²) in [7, 11) is 0. The van der Waals surface area contributed by atoms with E-state index in [1.807, 2.05) is 18.2 Å². The van der Waals surface area contributed by atoms with Gasteiger partial charge < -0.3 is 15.6 Å². The Hall–Kier alpha value is -2.63. The van der Waals surface area contributed by atoms with Gasteiger partial charge in [-0.05, 0) is 18.1 Å². The van der Waals surface area contributed by atoms with Crippen molar-refractivity contribution in [3.8, 4) is 11.5 Å². The van der Waals surface area contributed by atoms with E-state index in [9.17, 15) is 4.79 Å². The lowest BCUT2D eigenvalue weighted by Crippen LogP contribution is -2.00. The zero-order valence-corrected chi connectivity index (χ0v) is 10.1. The highest BCUT2D eigenvalue weighted by atomic mass is 16.5. The zero-order chi connectivity index (χ0) is 13.7. The van der Waals surface area contributed by atoms with Gasteiger partial charge in [0.1, 0.15) is 5.75 Å². The maximum Gasteiger partial charge on any atom is 0.303 e. The van der Waals surface area contributed by atoms with Gasteiger partial charge in [-0.25, -0.2) is 9.97 Å². The summed E-state index contributed by atoms with van der Waals surface area (Å²) in [6, 6.07) is 7.26. The Kier molecular flexibility index (Phi) is 3.92. The molecule has 2 aromatic rings. The average Bonchev–Trinajstić information content (AvgIpc) is 2.40. The largest absolute Gasteiger partial charge is 0.481 e. The number of carboxylic acid groups (broad SMARTS) is 1. The van der Waals surface area contributed by atoms with Crippen LogP contribution in [-0.2, 0) is 11.2 Å². The van der Waals surface area contributed by atoms with E-state index in [-0.39, 0.29) is 12.4 Å². The van der Waals surface area contributed by atoms with E-state index < -0.39 is 5.97 Å². The van der Waals surface area contributed by atoms with Gasteiger partial charge in [-0.3, -0.25) is 4.79 Å². The number of nitrogens with zero attached hydrogens (tertiary/aromatic N) is 2. The number of anilines is 1. The maximum absolute atomic E-state index is 10.6. The van der Waals surface area contributed by atoms with Crippen LogP contribution in [0.5, 0.6) is 11.5 Å². The molecular weight excluding hydrogens is 246 g/mol. The van der Waals surface area contributed by atoms with Crippen LogP contribution in [0.25, 0.3) is 0 Å². The van der Waals surface area contributed by atoms with Crippen molar-refractivity contribution >= 4 is 11.9 Å². The number of para-hydroxylation sites is 1. The van der Waals surface area contributed by atoms with Gasteiger partial charge in [0, 0.05) is 6.42 Å². The number of carbonyl (C=O) groups is 1. The van der Waals surface area contributed by atoms with Crippen LogP contribution >= 0.6 is 0 Å². The number of carboxylic acids is 1. The summed E-state index contributed by atoms with van der Waals surface area (Å²) in [5, 5.41) is 8.71. The molecule has 0 atom stereocenters. The van der Waals surface area contributed by atoms with Crippen molar-refractivity contribution in [2.45, 2.75) is 12.8 Å². The number of rotatable bonds is 5. The van der Waals surface area contributed by atoms with Crippen molar-refractivity contribution in [2.24, 2.45) is 0 Å². The molecule has 0 saturated carbocycles. The number of aliphatic carboxylic acids is 1. The van der Waals surface area contributed by atoms with Crippen LogP contribution < -0.4 is 10.5 Å². The molecule has 0 radical (unpaired) electrons. The number of nitrogens with two attached hydrogens (primary N) is 1. The lowest BCUT2D eigenvalue weighted by molar-refractivity contribution is -0.136. The van der Waals surface area contributed by atoms with Crippen LogP contribution in [-0.4, -0.2) is 21.0 Å². The summed E-state index contributed by atoms with van der Waals surface area (Å²) < 4.78 is 5.62. The molecule has 98 valence electrons. The first-order valence-corrected chi connectivity index (χ1v) is 5.70. The van der Waals surface area contributed by atoms with Gasteiger partial charge in [0.2, 0.25) is 5.95 Å². The van der Waals surface area contributed by atoms with Crippen LogP contribution in [0.1, 0.15) is 12.0 Å². The van der Waals surface area contributed by atoms with Gasteiger partial charge >= 0.3 is 5.97 Å². The minimum Gasteiger partial charge on any atom is -0.481 e. The third-order valence-electron chi connectivity index (χ3n) is 2.46. The van der Waals surface area contributed by atoms with Gasteiger partial charge in [-0.2, -0.15) is 0 Å². The number of hydrogen-bond donors (Lipinski definition) is 2. The molecular formula is C13H13N3O3. The molecule has 1 aromatic heterocycles. The Morgan fingerprint density at radius 2 is 1.95 bits per heavy atom. The van der Waals surface area contributed by atoms with Crippen LogP contribution in [0.2, 0.25) is 0 Å². The van der Waals surface area contributed by atoms with Gasteiger partial charge in [0.05, 0.1) is 12.4 Å². The summed E-state index contributed by atoms with van der Waals surface area (Å²) in [4.78, 5) is 18.3. The van der Waals surface area contributed by atoms with E-state index in [1.54, 1.807) is 6.07 Å². The molecule has 0 fully saturated rings. The van der Waals surface area contributed by atoms with E-state index in [0.717, 1.165) is 5.56 Å². The minimum atomic E-state index is -0.842. The monoisotopic (exact) mass is 259 g/mol. The molecule has 1 aromatic carbocycles. The predicted octanol–water partition coefficient (Wildman–Crippen LogP) is 1.87. The molecule has 6 heteroatoms. The second-order valence-corrected chi connectivity index (χ2v) is 3.88. The molecule has 0 saturated heterocycles. The molecule has 0 aliphatic carbocycles. The SMILES string of the molecule is Nc1ncc(Oc2ccccc2CCC(=O)O)cn1. The topological polar surface area (TPSA) is 98.3 Å². The van der Waals surface area contributed by atoms with E-state index in [0.29, 0.717) is 17.9 Å². The normalized spacial score (nSPS) is 10.1. The van der Waals surface area contributed by atoms with E-state index in [4.69, 9.17) is 15.6 Å². The summed E-state index contributed by atoms with van der Waals surface area (Å²) in [5.74, 6) is 0.381. The first kappa shape index (κ1) is 12.8. The first-order valence-electron chi connectivity index (χ1n) is 5.70. The van der Waals surface area contributed by atoms with Crippen LogP contribution in [0.4, 0.5) is 5.95 Å². The lowest BCUT2D eigenvalue weighted by atomic mass is 10.1. The molecule has 0 amide bonds. The summed E-state index contributed by atoms with van der Waals surface area (Å²) >= 11 is 0. The molecule has 0 spiro atoms. The summed E-state index contributed by atoms with van der Waals surface area (Å²) in [6.45, 7) is 0. The van der Waals surface area contributed by atoms with Crippen LogP contribution in [0.3, 0.4) is 0 Å². The Labute approximate surface area is 109 Å². The van der Waals surface area contributed by atoms with Crippen molar-refractivity contribution in [1.29, 1.82) is 0 Å². The predicted molar refractivity (Wildman–Crippen MR) is 68.9 cm³/mol. The molecule has 3 N–H and O–H groups in total. The molecule has 0 aliphatic rings. The van der Waals surface area contributed by atoms with Crippen molar-refractivity contribution in [3.63, 3.8) is 0 Å². The van der Waals surface area contributed by atoms with Gasteiger partial charge in [-0.15, -0.1) is 0 Å². The Balaban J connectivity index is 2.15. The molecule has 0 aliphatic heterocycles. The molecule has 19 heavy (non-hydrogen) atoms. The summed E-state index contributed by atoms with van der Waals surface area (Å²) in [5.41, 5.74) is 6.21. The first-order chi connectivity index (χ1) is 9.15. The zero-order valence-electron chi connectivity index (χ0n) is 10.1. The van der Waals surface area contributed by atoms with Crippen molar-refractivity contribution in [3.05, 3.63) is 42.2 Å². The lowest BCUT2D eigenvalue weighted by Gasteiger charge is -2.09. The number of benzene rings is 1. The highest BCUT2D eigenvalue weighted by molar-refractivity contribution is 5.67. The number of aryl methyl sites for hydroxylation is 1. The molecule has 1 heterocycles. The van der Waals surface area contributed by atoms with Crippen molar-refractivity contribution in [1.82, 2.24) is 9.97 Å². The third-order valence-corrected chi connectivity index (χ3v) is 2.46. The molecule has 0 bridgehead atoms. The fraction of sp³-hybridized carbons (Fsp3) is 0.154. The smallest absolute Gasteiger partial charge is 0.303 e. The average molecular weight is 259 g/mol. The highest BCUT2D eigenvalue weighted by Crippen LogP contribution is 2.25. The maximum atomic E-state index is 10.6. The number of aromatic nitrogens is 2. The van der Waals surface area contributed by atoms with Gasteiger partial charge in [0.25, 0.3) is 0 Å². The van der Waals surface area contributed by atoms with Gasteiger partial charge in [-0.1, -0.05) is 18.2 Å². The quantitative estimate of drug-likeness (QED) is 0.850. The van der Waals surface area contributed by atoms with Crippen LogP contribution in [0.15, 0.2) is 36.7 Å². The summed E-state index contributed by atoms with van der Waals surface area (Å²) in [6.07, 6.45) is 3.40. The van der Waals surface area contributed by atoms with Crippen molar-refractivity contribution < 1.29 is 14.6 Å². The second-order valence-electron chi connectivity index (χ2n) is 3.88. The standard InChI is InChI=1S/C13H13N3O3/c14-13-15-7-10(8-16-13)19-11-4-2-1-3-9(11)5-6-12(17)18/h1-4,7-8H,5-6H2,(H,17,18)(H2,14,15,16). The number of ether oxygens (including phenoxy) is 1. The van der Waals surface area contributed by atoms with E-state index >= 15 is 0 Å². The molecule has 0 unspecified atom stereocenters. The fourth-order valence-electron chi connectivity index (χ4n) is 1.56. The second kappa shape index (κ2) is 5.81. The van der Waals surface area contributed by atoms with E-state index in [1.165, 1.54) is 12.4 Å². The Morgan fingerprint density at radius 3 is 2.63 bits per heavy atom. The number of hydrogen-bond acceptors (Lipinski definition) is 5. The minimum absolute atomic E-state index is 0.0542. The Morgan fingerprint density at radius 1 is 1.26 bits per heavy atom. The third kappa shape index (κ3) is 3.67. The molecule has 2 rings (SSSR count). The highest BCUT2D eigenvalue weighted by Gasteiger charge is 2.07. The van der Waals surface area contributed by atoms with Crippen LogP contribution in [0, 0.1) is 0 Å². The number of nitrogen functional groups attached to an aromatic ring is 1.